The largest absolute Gasteiger partial charge is 2.00 e. The van der Waals surface area contributed by atoms with Gasteiger partial charge in [0.15, 0.2) is 0 Å². The molecule has 1 fully saturated rings. The molecule has 0 amide bonds. The Kier molecular flexibility index (Phi) is 10.5. The van der Waals surface area contributed by atoms with Crippen molar-refractivity contribution in [2.24, 2.45) is 21.8 Å². The second-order valence-electron chi connectivity index (χ2n) is 9.25. The minimum absolute atomic E-state index is 0. The zero-order valence-electron chi connectivity index (χ0n) is 20.6. The van der Waals surface area contributed by atoms with Gasteiger partial charge in [-0.15, -0.1) is 0 Å². The molecule has 3 aromatic rings. The number of aliphatic imine (C=N–C) groups is 2. The maximum absolute atomic E-state index is 13.6. The Morgan fingerprint density at radius 1 is 0.946 bits per heavy atom. The average Bonchev–Trinajstić information content (AvgIpc) is 2.89. The van der Waals surface area contributed by atoms with Crippen LogP contribution in [0.4, 0.5) is 5.69 Å². The molecule has 3 aromatic carbocycles. The summed E-state index contributed by atoms with van der Waals surface area (Å²) < 4.78 is 0. The summed E-state index contributed by atoms with van der Waals surface area (Å²) in [7, 11) is 0. The number of hydrogen-bond donors (Lipinski definition) is 0. The number of aliphatic carboxylic acids is 1. The van der Waals surface area contributed by atoms with Gasteiger partial charge in [0, 0.05) is 16.1 Å². The van der Waals surface area contributed by atoms with E-state index in [0.717, 1.165) is 48.3 Å². The molecular formula is C30H29ClN2NiO3. The van der Waals surface area contributed by atoms with Gasteiger partial charge in [0.2, 0.25) is 0 Å². The van der Waals surface area contributed by atoms with Crippen LogP contribution in [0.3, 0.4) is 0 Å². The maximum atomic E-state index is 13.6. The summed E-state index contributed by atoms with van der Waals surface area (Å²) in [6.45, 7) is 1.48. The van der Waals surface area contributed by atoms with Crippen LogP contribution in [0, 0.1) is 11.8 Å². The van der Waals surface area contributed by atoms with Crippen LogP contribution in [-0.2, 0) is 27.7 Å². The van der Waals surface area contributed by atoms with Crippen LogP contribution in [0.25, 0.3) is 0 Å². The molecule has 1 aliphatic carbocycles. The smallest absolute Gasteiger partial charge is 0.861 e. The van der Waals surface area contributed by atoms with Crippen LogP contribution in [-0.4, -0.2) is 23.6 Å². The Morgan fingerprint density at radius 3 is 2.32 bits per heavy atom. The van der Waals surface area contributed by atoms with Gasteiger partial charge < -0.3 is 15.0 Å². The monoisotopic (exact) mass is 558 g/mol. The first-order valence-corrected chi connectivity index (χ1v) is 12.7. The fourth-order valence-electron chi connectivity index (χ4n) is 4.84. The number of nitrogens with zero attached hydrogens (tertiary/aromatic N) is 2. The van der Waals surface area contributed by atoms with Crippen molar-refractivity contribution < 1.29 is 31.5 Å². The van der Waals surface area contributed by atoms with Crippen LogP contribution in [0.1, 0.15) is 49.3 Å². The van der Waals surface area contributed by atoms with E-state index >= 15 is 0 Å². The fourth-order valence-corrected chi connectivity index (χ4v) is 5.05. The number of para-hydroxylation sites is 1. The first-order chi connectivity index (χ1) is 17.4. The first kappa shape index (κ1) is 28.6. The Labute approximate surface area is 233 Å². The van der Waals surface area contributed by atoms with Crippen molar-refractivity contribution >= 4 is 34.9 Å². The molecule has 0 bridgehead atoms. The summed E-state index contributed by atoms with van der Waals surface area (Å²) in [6, 6.07) is 23.3. The molecule has 0 aliphatic heterocycles. The molecule has 0 N–H and O–H groups in total. The Balaban J connectivity index is 0.00000380. The van der Waals surface area contributed by atoms with Gasteiger partial charge >= 0.3 is 16.5 Å². The van der Waals surface area contributed by atoms with Gasteiger partial charge in [-0.3, -0.25) is 9.98 Å². The van der Waals surface area contributed by atoms with Crippen LogP contribution in [0.5, 0.6) is 0 Å². The molecule has 2 unspecified atom stereocenters. The zero-order valence-corrected chi connectivity index (χ0v) is 22.3. The second kappa shape index (κ2) is 13.6. The van der Waals surface area contributed by atoms with E-state index in [1.54, 1.807) is 6.07 Å². The SMILES string of the molecule is C[C@@H](N=C(c1ccccc1)c1ccccc1N=C([O-])C1CCCCC1Cc1ccccc1Cl)C(=O)[O-].[Ni+2]. The number of carbonyl (C=O) groups excluding carboxylic acids is 1. The van der Waals surface area contributed by atoms with E-state index in [0.29, 0.717) is 17.0 Å². The van der Waals surface area contributed by atoms with Gasteiger partial charge in [0.05, 0.1) is 23.4 Å². The molecule has 1 aliphatic rings. The molecule has 0 heterocycles. The third kappa shape index (κ3) is 7.31. The molecule has 0 saturated heterocycles. The van der Waals surface area contributed by atoms with Gasteiger partial charge in [0.1, 0.15) is 0 Å². The zero-order chi connectivity index (χ0) is 25.5. The molecule has 1 saturated carbocycles. The molecule has 3 atom stereocenters. The topological polar surface area (TPSA) is 87.9 Å². The number of hydrogen-bond acceptors (Lipinski definition) is 5. The van der Waals surface area contributed by atoms with E-state index in [1.165, 1.54) is 6.92 Å². The van der Waals surface area contributed by atoms with Gasteiger partial charge in [-0.1, -0.05) is 91.2 Å². The number of benzene rings is 3. The summed E-state index contributed by atoms with van der Waals surface area (Å²) in [5, 5.41) is 25.7. The van der Waals surface area contributed by atoms with E-state index in [-0.39, 0.29) is 34.2 Å². The Morgan fingerprint density at radius 2 is 1.59 bits per heavy atom. The third-order valence-electron chi connectivity index (χ3n) is 6.77. The van der Waals surface area contributed by atoms with Crippen LogP contribution in [0.15, 0.2) is 88.8 Å². The van der Waals surface area contributed by atoms with Crippen LogP contribution in [0.2, 0.25) is 5.02 Å². The number of halogens is 1. The van der Waals surface area contributed by atoms with Crippen LogP contribution >= 0.6 is 11.6 Å². The van der Waals surface area contributed by atoms with Crippen molar-refractivity contribution in [2.75, 3.05) is 0 Å². The van der Waals surface area contributed by atoms with Crippen molar-refractivity contribution in [3.05, 3.63) is 101 Å². The summed E-state index contributed by atoms with van der Waals surface area (Å²) >= 11 is 6.41. The van der Waals surface area contributed by atoms with E-state index in [1.807, 2.05) is 72.8 Å². The molecule has 4 rings (SSSR count). The number of carbonyl (C=O) groups is 1. The summed E-state index contributed by atoms with van der Waals surface area (Å²) in [4.78, 5) is 20.5. The minimum Gasteiger partial charge on any atom is -0.861 e. The predicted molar refractivity (Wildman–Crippen MR) is 141 cm³/mol. The molecule has 37 heavy (non-hydrogen) atoms. The van der Waals surface area contributed by atoms with Gasteiger partial charge in [-0.05, 0) is 61.6 Å². The minimum atomic E-state index is -1.27. The van der Waals surface area contributed by atoms with Crippen molar-refractivity contribution in [3.8, 4) is 0 Å². The molecule has 0 spiro atoms. The van der Waals surface area contributed by atoms with Crippen LogP contribution < -0.4 is 10.2 Å². The van der Waals surface area contributed by atoms with E-state index in [9.17, 15) is 15.0 Å². The first-order valence-electron chi connectivity index (χ1n) is 12.4. The normalized spacial score (nSPS) is 19.1. The van der Waals surface area contributed by atoms with E-state index in [2.05, 4.69) is 9.98 Å². The molecule has 194 valence electrons. The number of carboxylic acids is 1. The Hall–Kier alpha value is -2.95. The van der Waals surface area contributed by atoms with E-state index in [4.69, 9.17) is 11.6 Å². The third-order valence-corrected chi connectivity index (χ3v) is 7.14. The van der Waals surface area contributed by atoms with E-state index < -0.39 is 12.0 Å². The summed E-state index contributed by atoms with van der Waals surface area (Å²) in [6.07, 6.45) is 4.57. The number of carboxylic acid groups (broad SMARTS) is 1. The standard InChI is InChI=1S/C30H31ClN2O3.Ni/c1-20(30(35)36)32-28(21-11-3-2-4-12-21)25-16-8-10-18-27(25)33-29(34)24-15-7-5-13-22(24)19-23-14-6-9-17-26(23)31;/h2-4,6,8-12,14,16-18,20,22,24H,5,7,13,15,19H2,1H3,(H,33,34)(H,35,36);/q;+2/p-2/t20-,22?,24?;/m1./s1. The molecule has 0 aromatic heterocycles. The van der Waals surface area contributed by atoms with Crippen molar-refractivity contribution in [1.82, 2.24) is 0 Å². The van der Waals surface area contributed by atoms with Gasteiger partial charge in [0.25, 0.3) is 0 Å². The van der Waals surface area contributed by atoms with Crippen molar-refractivity contribution in [2.45, 2.75) is 45.1 Å². The fraction of sp³-hybridized carbons (Fsp3) is 0.300. The average molecular weight is 560 g/mol. The summed E-state index contributed by atoms with van der Waals surface area (Å²) in [5.74, 6) is -1.44. The molecular weight excluding hydrogens is 530 g/mol. The quantitative estimate of drug-likeness (QED) is 0.227. The van der Waals surface area contributed by atoms with Gasteiger partial charge in [-0.25, -0.2) is 0 Å². The summed E-state index contributed by atoms with van der Waals surface area (Å²) in [5.41, 5.74) is 3.37. The molecule has 7 heteroatoms. The molecule has 5 nitrogen and oxygen atoms in total. The Bertz CT molecular complexity index is 1260. The molecule has 0 radical (unpaired) electrons. The van der Waals surface area contributed by atoms with Crippen molar-refractivity contribution in [3.63, 3.8) is 0 Å². The van der Waals surface area contributed by atoms with Crippen molar-refractivity contribution in [1.29, 1.82) is 0 Å². The number of rotatable bonds is 8. The maximum Gasteiger partial charge on any atom is 2.00 e. The predicted octanol–water partition coefficient (Wildman–Crippen LogP) is 4.75. The van der Waals surface area contributed by atoms with Gasteiger partial charge in [-0.2, -0.15) is 0 Å². The second-order valence-corrected chi connectivity index (χ2v) is 9.66.